The minimum atomic E-state index is -0.956. The lowest BCUT2D eigenvalue weighted by Gasteiger charge is -2.31. The van der Waals surface area contributed by atoms with E-state index in [0.717, 1.165) is 22.6 Å². The van der Waals surface area contributed by atoms with Crippen LogP contribution in [0.1, 0.15) is 17.5 Å². The van der Waals surface area contributed by atoms with Gasteiger partial charge in [0.15, 0.2) is 11.5 Å². The first-order valence-electron chi connectivity index (χ1n) is 12.8. The van der Waals surface area contributed by atoms with Gasteiger partial charge < -0.3 is 29.6 Å². The summed E-state index contributed by atoms with van der Waals surface area (Å²) in [6.45, 7) is 1.97. The molecule has 1 aliphatic carbocycles. The highest BCUT2D eigenvalue weighted by Crippen LogP contribution is 2.41. The van der Waals surface area contributed by atoms with Gasteiger partial charge in [0.1, 0.15) is 5.75 Å². The Bertz CT molecular complexity index is 1420. The molecule has 2 N–H and O–H groups in total. The van der Waals surface area contributed by atoms with Crippen LogP contribution in [0.15, 0.2) is 84.5 Å². The summed E-state index contributed by atoms with van der Waals surface area (Å²) in [5.74, 6) is 1.55. The van der Waals surface area contributed by atoms with Gasteiger partial charge in [-0.2, -0.15) is 0 Å². The zero-order valence-corrected chi connectivity index (χ0v) is 23.4. The highest BCUT2D eigenvalue weighted by Gasteiger charge is 2.38. The third-order valence-corrected chi connectivity index (χ3v) is 6.86. The van der Waals surface area contributed by atoms with Crippen LogP contribution in [0.25, 0.3) is 0 Å². The maximum absolute atomic E-state index is 13.9. The number of nitrogens with one attached hydrogen (secondary N) is 2. The number of benzene rings is 3. The Hall–Kier alpha value is -4.72. The number of anilines is 2. The van der Waals surface area contributed by atoms with Crippen molar-refractivity contribution in [1.29, 1.82) is 0 Å². The van der Waals surface area contributed by atoms with Crippen LogP contribution in [0.4, 0.5) is 11.4 Å². The summed E-state index contributed by atoms with van der Waals surface area (Å²) >= 11 is 0. The Labute approximate surface area is 234 Å². The summed E-state index contributed by atoms with van der Waals surface area (Å²) in [4.78, 5) is 26.9. The Kier molecular flexibility index (Phi) is 8.79. The van der Waals surface area contributed by atoms with Gasteiger partial charge >= 0.3 is 0 Å². The van der Waals surface area contributed by atoms with E-state index < -0.39 is 5.41 Å². The van der Waals surface area contributed by atoms with Gasteiger partial charge in [0.05, 0.1) is 33.9 Å². The molecule has 0 heterocycles. The van der Waals surface area contributed by atoms with Crippen molar-refractivity contribution < 1.29 is 28.5 Å². The molecule has 0 saturated carbocycles. The lowest BCUT2D eigenvalue weighted by Crippen LogP contribution is -2.38. The zero-order valence-electron chi connectivity index (χ0n) is 23.4. The van der Waals surface area contributed by atoms with E-state index in [2.05, 4.69) is 10.6 Å². The Morgan fingerprint density at radius 3 is 2.08 bits per heavy atom. The Balaban J connectivity index is 1.62. The molecule has 0 aliphatic heterocycles. The highest BCUT2D eigenvalue weighted by atomic mass is 16.5. The van der Waals surface area contributed by atoms with Gasteiger partial charge in [-0.25, -0.2) is 0 Å². The van der Waals surface area contributed by atoms with Crippen molar-refractivity contribution in [2.24, 2.45) is 5.41 Å². The van der Waals surface area contributed by atoms with E-state index in [-0.39, 0.29) is 11.8 Å². The van der Waals surface area contributed by atoms with Crippen molar-refractivity contribution in [1.82, 2.24) is 0 Å². The van der Waals surface area contributed by atoms with Gasteiger partial charge in [0, 0.05) is 29.1 Å². The molecular formula is C32H34N2O6. The van der Waals surface area contributed by atoms with E-state index in [4.69, 9.17) is 18.9 Å². The topological polar surface area (TPSA) is 95.1 Å². The third kappa shape index (κ3) is 6.29. The first kappa shape index (κ1) is 28.3. The van der Waals surface area contributed by atoms with Crippen LogP contribution in [0.2, 0.25) is 0 Å². The van der Waals surface area contributed by atoms with Gasteiger partial charge in [-0.1, -0.05) is 42.5 Å². The number of rotatable bonds is 10. The molecular weight excluding hydrogens is 508 g/mol. The molecule has 0 radical (unpaired) electrons. The van der Waals surface area contributed by atoms with Crippen LogP contribution in [0.3, 0.4) is 0 Å². The van der Waals surface area contributed by atoms with Crippen LogP contribution >= 0.6 is 0 Å². The average molecular weight is 543 g/mol. The molecule has 1 unspecified atom stereocenters. The van der Waals surface area contributed by atoms with E-state index in [1.807, 2.05) is 67.6 Å². The lowest BCUT2D eigenvalue weighted by molar-refractivity contribution is -0.123. The van der Waals surface area contributed by atoms with Gasteiger partial charge in [-0.15, -0.1) is 0 Å². The summed E-state index contributed by atoms with van der Waals surface area (Å²) in [5, 5.41) is 5.96. The molecule has 0 bridgehead atoms. The lowest BCUT2D eigenvalue weighted by atomic mass is 9.74. The van der Waals surface area contributed by atoms with Crippen LogP contribution in [-0.2, 0) is 16.0 Å². The molecule has 0 saturated heterocycles. The zero-order chi connectivity index (χ0) is 28.7. The van der Waals surface area contributed by atoms with Crippen molar-refractivity contribution in [2.75, 3.05) is 39.1 Å². The van der Waals surface area contributed by atoms with E-state index in [0.29, 0.717) is 41.4 Å². The fourth-order valence-electron chi connectivity index (χ4n) is 4.67. The molecule has 0 fully saturated rings. The number of hydrogen-bond donors (Lipinski definition) is 2. The van der Waals surface area contributed by atoms with Crippen LogP contribution in [0.5, 0.6) is 23.0 Å². The van der Waals surface area contributed by atoms with Crippen molar-refractivity contribution in [2.45, 2.75) is 19.8 Å². The van der Waals surface area contributed by atoms with Gasteiger partial charge in [0.25, 0.3) is 5.91 Å². The Morgan fingerprint density at radius 1 is 0.825 bits per heavy atom. The van der Waals surface area contributed by atoms with E-state index in [1.165, 1.54) is 21.3 Å². The number of aryl methyl sites for hydroxylation is 1. The molecule has 1 atom stereocenters. The highest BCUT2D eigenvalue weighted by molar-refractivity contribution is 6.07. The summed E-state index contributed by atoms with van der Waals surface area (Å²) in [6, 6.07) is 18.6. The summed E-state index contributed by atoms with van der Waals surface area (Å²) in [5.41, 5.74) is 2.75. The minimum absolute atomic E-state index is 0.232. The van der Waals surface area contributed by atoms with E-state index in [1.54, 1.807) is 25.3 Å². The molecule has 4 rings (SSSR count). The fraction of sp³-hybridized carbons (Fsp3) is 0.250. The van der Waals surface area contributed by atoms with Crippen molar-refractivity contribution in [3.05, 3.63) is 95.6 Å². The van der Waals surface area contributed by atoms with Crippen molar-refractivity contribution >= 4 is 23.2 Å². The molecule has 0 spiro atoms. The number of ether oxygens (including phenoxy) is 4. The standard InChI is InChI=1S/C32H34N2O6/c1-21-7-6-8-24(17-21)33-30(35)23-13-15-32(16-14-23,20-22-9-11-26(37-2)12-10-22)31(36)34-25-18-27(38-3)29(40-5)28(19-25)39-4/h6-15,17-19H,16,20H2,1-5H3,(H,33,35)(H,34,36). The number of allylic oxidation sites excluding steroid dienone is 1. The van der Waals surface area contributed by atoms with Gasteiger partial charge in [0.2, 0.25) is 11.7 Å². The smallest absolute Gasteiger partial charge is 0.255 e. The normalized spacial score (nSPS) is 16.0. The second-order valence-corrected chi connectivity index (χ2v) is 9.57. The van der Waals surface area contributed by atoms with E-state index in [9.17, 15) is 9.59 Å². The van der Waals surface area contributed by atoms with Crippen molar-refractivity contribution in [3.8, 4) is 23.0 Å². The predicted molar refractivity (Wildman–Crippen MR) is 156 cm³/mol. The summed E-state index contributed by atoms with van der Waals surface area (Å²) < 4.78 is 21.6. The van der Waals surface area contributed by atoms with Crippen LogP contribution in [0, 0.1) is 12.3 Å². The first-order valence-corrected chi connectivity index (χ1v) is 12.8. The molecule has 40 heavy (non-hydrogen) atoms. The number of amides is 2. The molecule has 8 nitrogen and oxygen atoms in total. The molecule has 3 aromatic rings. The van der Waals surface area contributed by atoms with E-state index >= 15 is 0 Å². The fourth-order valence-corrected chi connectivity index (χ4v) is 4.67. The average Bonchev–Trinajstić information content (AvgIpc) is 2.97. The van der Waals surface area contributed by atoms with Gasteiger partial charge in [-0.05, 0) is 55.2 Å². The maximum atomic E-state index is 13.9. The quantitative estimate of drug-likeness (QED) is 0.340. The first-order chi connectivity index (χ1) is 19.3. The molecule has 0 aromatic heterocycles. The third-order valence-electron chi connectivity index (χ3n) is 6.86. The largest absolute Gasteiger partial charge is 0.497 e. The second-order valence-electron chi connectivity index (χ2n) is 9.57. The van der Waals surface area contributed by atoms with Gasteiger partial charge in [-0.3, -0.25) is 9.59 Å². The number of hydrogen-bond acceptors (Lipinski definition) is 6. The molecule has 1 aliphatic rings. The SMILES string of the molecule is COc1ccc(CC2(C(=O)Nc3cc(OC)c(OC)c(OC)c3)C=CC(C(=O)Nc3cccc(C)c3)=CC2)cc1. The predicted octanol–water partition coefficient (Wildman–Crippen LogP) is 5.72. The molecule has 208 valence electrons. The molecule has 3 aromatic carbocycles. The summed E-state index contributed by atoms with van der Waals surface area (Å²) in [7, 11) is 6.17. The number of methoxy groups -OCH3 is 4. The Morgan fingerprint density at radius 2 is 1.52 bits per heavy atom. The van der Waals surface area contributed by atoms with Crippen LogP contribution < -0.4 is 29.6 Å². The monoisotopic (exact) mass is 542 g/mol. The second kappa shape index (κ2) is 12.4. The molecule has 8 heteroatoms. The van der Waals surface area contributed by atoms with Crippen LogP contribution in [-0.4, -0.2) is 40.3 Å². The molecule has 2 amide bonds. The number of carbonyl (C=O) groups excluding carboxylic acids is 2. The minimum Gasteiger partial charge on any atom is -0.497 e. The maximum Gasteiger partial charge on any atom is 0.255 e. The number of carbonyl (C=O) groups is 2. The summed E-state index contributed by atoms with van der Waals surface area (Å²) in [6.07, 6.45) is 6.07. The van der Waals surface area contributed by atoms with Crippen molar-refractivity contribution in [3.63, 3.8) is 0 Å².